The van der Waals surface area contributed by atoms with E-state index in [0.717, 1.165) is 28.3 Å². The van der Waals surface area contributed by atoms with Gasteiger partial charge in [-0.25, -0.2) is 13.4 Å². The number of amides is 1. The van der Waals surface area contributed by atoms with Crippen LogP contribution in [0, 0.1) is 0 Å². The smallest absolute Gasteiger partial charge is 0.244 e. The second-order valence-corrected chi connectivity index (χ2v) is 9.38. The molecule has 8 heteroatoms. The number of anilines is 1. The molecule has 1 aliphatic heterocycles. The van der Waals surface area contributed by atoms with E-state index in [4.69, 9.17) is 0 Å². The number of benzene rings is 2. The van der Waals surface area contributed by atoms with Gasteiger partial charge in [0.15, 0.2) is 5.13 Å². The van der Waals surface area contributed by atoms with Gasteiger partial charge < -0.3 is 5.32 Å². The summed E-state index contributed by atoms with van der Waals surface area (Å²) in [6, 6.07) is 13.5. The van der Waals surface area contributed by atoms with Crippen molar-refractivity contribution >= 4 is 43.2 Å². The van der Waals surface area contributed by atoms with E-state index in [1.54, 1.807) is 0 Å². The molecule has 1 atom stereocenters. The summed E-state index contributed by atoms with van der Waals surface area (Å²) < 4.78 is 25.0. The van der Waals surface area contributed by atoms with Crippen LogP contribution in [0.25, 0.3) is 22.0 Å². The van der Waals surface area contributed by atoms with Crippen LogP contribution in [0.15, 0.2) is 47.8 Å². The molecule has 1 unspecified atom stereocenters. The van der Waals surface area contributed by atoms with Gasteiger partial charge in [0.1, 0.15) is 6.04 Å². The van der Waals surface area contributed by atoms with E-state index in [-0.39, 0.29) is 5.91 Å². The van der Waals surface area contributed by atoms with Gasteiger partial charge in [-0.1, -0.05) is 42.5 Å². The second-order valence-electron chi connectivity index (χ2n) is 6.59. The molecule has 0 spiro atoms. The van der Waals surface area contributed by atoms with Crippen LogP contribution in [0.4, 0.5) is 5.13 Å². The van der Waals surface area contributed by atoms with Gasteiger partial charge >= 0.3 is 0 Å². The molecule has 1 amide bonds. The van der Waals surface area contributed by atoms with Crippen molar-refractivity contribution in [1.82, 2.24) is 9.29 Å². The van der Waals surface area contributed by atoms with Gasteiger partial charge in [-0.15, -0.1) is 11.3 Å². The number of nitrogens with zero attached hydrogens (tertiary/aromatic N) is 2. The van der Waals surface area contributed by atoms with Crippen LogP contribution in [0.1, 0.15) is 12.8 Å². The molecule has 1 N–H and O–H groups in total. The Hall–Kier alpha value is -2.29. The van der Waals surface area contributed by atoms with E-state index in [9.17, 15) is 13.2 Å². The number of thiazole rings is 1. The number of aromatic nitrogens is 1. The molecule has 4 rings (SSSR count). The molecule has 0 saturated carbocycles. The first-order valence-electron chi connectivity index (χ1n) is 8.65. The van der Waals surface area contributed by atoms with E-state index >= 15 is 0 Å². The lowest BCUT2D eigenvalue weighted by Gasteiger charge is -2.20. The van der Waals surface area contributed by atoms with Gasteiger partial charge in [0.05, 0.1) is 11.9 Å². The van der Waals surface area contributed by atoms with Crippen molar-refractivity contribution in [2.45, 2.75) is 18.9 Å². The molecule has 0 radical (unpaired) electrons. The first-order chi connectivity index (χ1) is 12.9. The van der Waals surface area contributed by atoms with Gasteiger partial charge in [-0.3, -0.25) is 4.79 Å². The first-order valence-corrected chi connectivity index (χ1v) is 11.4. The van der Waals surface area contributed by atoms with Crippen molar-refractivity contribution in [3.63, 3.8) is 0 Å². The quantitative estimate of drug-likeness (QED) is 0.727. The Balaban J connectivity index is 1.57. The van der Waals surface area contributed by atoms with Crippen LogP contribution in [-0.4, -0.2) is 42.5 Å². The fourth-order valence-electron chi connectivity index (χ4n) is 3.49. The summed E-state index contributed by atoms with van der Waals surface area (Å²) in [5, 5.41) is 7.39. The van der Waals surface area contributed by atoms with Crippen molar-refractivity contribution in [1.29, 1.82) is 0 Å². The highest BCUT2D eigenvalue weighted by atomic mass is 32.2. The summed E-state index contributed by atoms with van der Waals surface area (Å²) in [6.45, 7) is 0.385. The molecular weight excluding hydrogens is 382 g/mol. The fourth-order valence-corrected chi connectivity index (χ4v) is 5.33. The molecule has 1 saturated heterocycles. The third kappa shape index (κ3) is 3.60. The molecular formula is C19H19N3O3S2. The predicted octanol–water partition coefficient (Wildman–Crippen LogP) is 3.33. The zero-order valence-corrected chi connectivity index (χ0v) is 16.4. The van der Waals surface area contributed by atoms with E-state index in [0.29, 0.717) is 24.5 Å². The maximum atomic E-state index is 12.6. The average molecular weight is 402 g/mol. The Morgan fingerprint density at radius 3 is 2.81 bits per heavy atom. The fraction of sp³-hybridized carbons (Fsp3) is 0.263. The maximum Gasteiger partial charge on any atom is 0.244 e. The maximum absolute atomic E-state index is 12.6. The SMILES string of the molecule is CS(=O)(=O)N1CCCC1C(=O)Nc1nc(-c2cccc3ccccc23)cs1. The number of hydrogen-bond donors (Lipinski definition) is 1. The highest BCUT2D eigenvalue weighted by Crippen LogP contribution is 2.31. The number of fused-ring (bicyclic) bond motifs is 1. The van der Waals surface area contributed by atoms with Gasteiger partial charge in [0.2, 0.25) is 15.9 Å². The highest BCUT2D eigenvalue weighted by Gasteiger charge is 2.36. The minimum atomic E-state index is -3.40. The minimum absolute atomic E-state index is 0.322. The van der Waals surface area contributed by atoms with E-state index in [1.807, 2.05) is 47.8 Å². The second kappa shape index (κ2) is 7.03. The molecule has 0 bridgehead atoms. The number of nitrogens with one attached hydrogen (secondary N) is 1. The average Bonchev–Trinajstić information content (AvgIpc) is 3.30. The number of rotatable bonds is 4. The largest absolute Gasteiger partial charge is 0.301 e. The molecule has 140 valence electrons. The summed E-state index contributed by atoms with van der Waals surface area (Å²) in [5.41, 5.74) is 1.79. The molecule has 2 aromatic carbocycles. The summed E-state index contributed by atoms with van der Waals surface area (Å²) in [4.78, 5) is 17.1. The molecule has 27 heavy (non-hydrogen) atoms. The van der Waals surface area contributed by atoms with Crippen molar-refractivity contribution in [3.05, 3.63) is 47.8 Å². The highest BCUT2D eigenvalue weighted by molar-refractivity contribution is 7.88. The number of carbonyl (C=O) groups excluding carboxylic acids is 1. The van der Waals surface area contributed by atoms with E-state index in [1.165, 1.54) is 15.6 Å². The number of sulfonamides is 1. The summed E-state index contributed by atoms with van der Waals surface area (Å²) >= 11 is 1.34. The molecule has 1 aromatic heterocycles. The third-order valence-electron chi connectivity index (χ3n) is 4.73. The van der Waals surface area contributed by atoms with Crippen molar-refractivity contribution in [2.75, 3.05) is 18.1 Å². The molecule has 2 heterocycles. The van der Waals surface area contributed by atoms with Gasteiger partial charge in [-0.2, -0.15) is 4.31 Å². The third-order valence-corrected chi connectivity index (χ3v) is 6.78. The topological polar surface area (TPSA) is 79.4 Å². The molecule has 1 aliphatic rings. The molecule has 1 fully saturated rings. The Morgan fingerprint density at radius 2 is 2.00 bits per heavy atom. The van der Waals surface area contributed by atoms with E-state index < -0.39 is 16.1 Å². The summed E-state index contributed by atoms with van der Waals surface area (Å²) in [5.74, 6) is -0.322. The Morgan fingerprint density at radius 1 is 1.22 bits per heavy atom. The molecule has 6 nitrogen and oxygen atoms in total. The van der Waals surface area contributed by atoms with Crippen LogP contribution in [-0.2, 0) is 14.8 Å². The number of hydrogen-bond acceptors (Lipinski definition) is 5. The standard InChI is InChI=1S/C19H19N3O3S2/c1-27(24,25)22-11-5-10-17(22)18(23)21-19-20-16(12-26-19)15-9-4-7-13-6-2-3-8-14(13)15/h2-4,6-9,12,17H,5,10-11H2,1H3,(H,20,21,23). The Kier molecular flexibility index (Phi) is 4.71. The Labute approximate surface area is 161 Å². The van der Waals surface area contributed by atoms with Crippen LogP contribution in [0.3, 0.4) is 0 Å². The van der Waals surface area contributed by atoms with E-state index in [2.05, 4.69) is 10.3 Å². The van der Waals surface area contributed by atoms with Gasteiger partial charge in [0, 0.05) is 17.5 Å². The van der Waals surface area contributed by atoms with Crippen molar-refractivity contribution in [3.8, 4) is 11.3 Å². The number of carbonyl (C=O) groups is 1. The lowest BCUT2D eigenvalue weighted by molar-refractivity contribution is -0.119. The van der Waals surface area contributed by atoms with Gasteiger partial charge in [-0.05, 0) is 23.6 Å². The predicted molar refractivity (Wildman–Crippen MR) is 108 cm³/mol. The van der Waals surface area contributed by atoms with Gasteiger partial charge in [0.25, 0.3) is 0 Å². The minimum Gasteiger partial charge on any atom is -0.301 e. The van der Waals surface area contributed by atoms with Crippen molar-refractivity contribution < 1.29 is 13.2 Å². The zero-order chi connectivity index (χ0) is 19.0. The Bertz CT molecular complexity index is 1100. The zero-order valence-electron chi connectivity index (χ0n) is 14.8. The van der Waals surface area contributed by atoms with Crippen LogP contribution in [0.2, 0.25) is 0 Å². The van der Waals surface area contributed by atoms with Crippen molar-refractivity contribution in [2.24, 2.45) is 0 Å². The monoisotopic (exact) mass is 401 g/mol. The normalized spacial score (nSPS) is 18.0. The summed E-state index contributed by atoms with van der Waals surface area (Å²) in [7, 11) is -3.40. The molecule has 3 aromatic rings. The molecule has 0 aliphatic carbocycles. The van der Waals surface area contributed by atoms with Crippen LogP contribution < -0.4 is 5.32 Å². The lowest BCUT2D eigenvalue weighted by Crippen LogP contribution is -2.42. The first kappa shape index (κ1) is 18.1. The van der Waals surface area contributed by atoms with Crippen LogP contribution in [0.5, 0.6) is 0 Å². The lowest BCUT2D eigenvalue weighted by atomic mass is 10.0. The van der Waals surface area contributed by atoms with Crippen LogP contribution >= 0.6 is 11.3 Å². The summed E-state index contributed by atoms with van der Waals surface area (Å²) in [6.07, 6.45) is 2.35.